The van der Waals surface area contributed by atoms with Gasteiger partial charge in [-0.25, -0.2) is 9.59 Å². The topological polar surface area (TPSA) is 43.4 Å². The van der Waals surface area contributed by atoms with Gasteiger partial charge in [0.25, 0.3) is 0 Å². The lowest BCUT2D eigenvalue weighted by Crippen LogP contribution is -2.13. The number of esters is 2. The van der Waals surface area contributed by atoms with Crippen LogP contribution in [-0.2, 0) is 9.53 Å². The maximum absolute atomic E-state index is 12.0. The van der Waals surface area contributed by atoms with Gasteiger partial charge in [-0.1, -0.05) is 61.2 Å². The highest BCUT2D eigenvalue weighted by atomic mass is 16.6. The Morgan fingerprint density at radius 3 is 2.18 bits per heavy atom. The molecule has 0 aliphatic rings. The summed E-state index contributed by atoms with van der Waals surface area (Å²) in [7, 11) is 0. The first kappa shape index (κ1) is 15.4. The highest BCUT2D eigenvalue weighted by molar-refractivity contribution is 6.19. The van der Waals surface area contributed by atoms with E-state index in [1.54, 1.807) is 48.5 Å². The molecule has 0 fully saturated rings. The second kappa shape index (κ2) is 7.18. The van der Waals surface area contributed by atoms with E-state index in [4.69, 9.17) is 4.74 Å². The summed E-state index contributed by atoms with van der Waals surface area (Å²) in [5, 5.41) is 0. The first-order chi connectivity index (χ1) is 10.6. The first-order valence-corrected chi connectivity index (χ1v) is 6.85. The van der Waals surface area contributed by atoms with Crippen LogP contribution in [-0.4, -0.2) is 11.9 Å². The predicted molar refractivity (Wildman–Crippen MR) is 87.0 cm³/mol. The molecule has 0 radical (unpaired) electrons. The van der Waals surface area contributed by atoms with Crippen molar-refractivity contribution < 1.29 is 14.3 Å². The van der Waals surface area contributed by atoms with Crippen molar-refractivity contribution in [2.24, 2.45) is 0 Å². The fourth-order valence-electron chi connectivity index (χ4n) is 1.88. The Labute approximate surface area is 129 Å². The minimum Gasteiger partial charge on any atom is -0.386 e. The molecular weight excluding hydrogens is 276 g/mol. The average Bonchev–Trinajstić information content (AvgIpc) is 2.55. The molecule has 2 aromatic carbocycles. The monoisotopic (exact) mass is 292 g/mol. The van der Waals surface area contributed by atoms with E-state index in [0.717, 1.165) is 5.56 Å². The molecule has 110 valence electrons. The van der Waals surface area contributed by atoms with Crippen LogP contribution in [0.25, 0.3) is 11.6 Å². The molecule has 3 heteroatoms. The average molecular weight is 292 g/mol. The van der Waals surface area contributed by atoms with Crippen molar-refractivity contribution in [3.63, 3.8) is 0 Å². The highest BCUT2D eigenvalue weighted by Crippen LogP contribution is 2.15. The van der Waals surface area contributed by atoms with Crippen LogP contribution in [0.1, 0.15) is 28.4 Å². The zero-order valence-electron chi connectivity index (χ0n) is 12.3. The van der Waals surface area contributed by atoms with Gasteiger partial charge in [-0.15, -0.1) is 0 Å². The molecule has 0 saturated carbocycles. The Hall–Kier alpha value is -2.94. The van der Waals surface area contributed by atoms with Crippen molar-refractivity contribution in [3.8, 4) is 0 Å². The molecular formula is C19H16O3. The molecule has 0 saturated heterocycles. The minimum absolute atomic E-state index is 0.152. The van der Waals surface area contributed by atoms with E-state index in [9.17, 15) is 9.59 Å². The van der Waals surface area contributed by atoms with E-state index in [1.807, 2.05) is 25.1 Å². The molecule has 2 aromatic rings. The molecule has 22 heavy (non-hydrogen) atoms. The van der Waals surface area contributed by atoms with Gasteiger partial charge < -0.3 is 4.74 Å². The van der Waals surface area contributed by atoms with E-state index in [1.165, 1.54) is 0 Å². The molecule has 0 atom stereocenters. The molecule has 0 bridgehead atoms. The third kappa shape index (κ3) is 3.79. The van der Waals surface area contributed by atoms with Gasteiger partial charge in [-0.05, 0) is 30.2 Å². The van der Waals surface area contributed by atoms with Crippen molar-refractivity contribution in [2.45, 2.75) is 6.92 Å². The fourth-order valence-corrected chi connectivity index (χ4v) is 1.88. The minimum atomic E-state index is -0.742. The maximum Gasteiger partial charge on any atom is 0.346 e. The van der Waals surface area contributed by atoms with Gasteiger partial charge in [-0.3, -0.25) is 0 Å². The maximum atomic E-state index is 12.0. The fraction of sp³-hybridized carbons (Fsp3) is 0.0526. The summed E-state index contributed by atoms with van der Waals surface area (Å²) in [6, 6.07) is 15.7. The van der Waals surface area contributed by atoms with Crippen molar-refractivity contribution in [2.75, 3.05) is 0 Å². The number of benzene rings is 2. The molecule has 0 aliphatic carbocycles. The normalized spacial score (nSPS) is 10.4. The quantitative estimate of drug-likeness (QED) is 0.484. The number of hydrogen-bond acceptors (Lipinski definition) is 3. The number of ether oxygens (including phenoxy) is 1. The Morgan fingerprint density at radius 2 is 1.59 bits per heavy atom. The van der Waals surface area contributed by atoms with E-state index in [2.05, 4.69) is 6.58 Å². The van der Waals surface area contributed by atoms with Crippen LogP contribution in [0.3, 0.4) is 0 Å². The van der Waals surface area contributed by atoms with Crippen LogP contribution < -0.4 is 0 Å². The molecule has 0 spiro atoms. The molecule has 0 amide bonds. The van der Waals surface area contributed by atoms with Crippen molar-refractivity contribution >= 4 is 23.6 Å². The van der Waals surface area contributed by atoms with Crippen LogP contribution in [0.4, 0.5) is 0 Å². The first-order valence-electron chi connectivity index (χ1n) is 6.85. The lowest BCUT2D eigenvalue weighted by Gasteiger charge is -2.06. The van der Waals surface area contributed by atoms with Crippen molar-refractivity contribution in [1.82, 2.24) is 0 Å². The van der Waals surface area contributed by atoms with E-state index < -0.39 is 11.9 Å². The highest BCUT2D eigenvalue weighted by Gasteiger charge is 2.16. The van der Waals surface area contributed by atoms with E-state index >= 15 is 0 Å². The summed E-state index contributed by atoms with van der Waals surface area (Å²) in [4.78, 5) is 23.9. The number of carbonyl (C=O) groups is 2. The molecule has 0 heterocycles. The number of allylic oxidation sites excluding steroid dienone is 1. The Kier molecular flexibility index (Phi) is 5.04. The van der Waals surface area contributed by atoms with E-state index in [-0.39, 0.29) is 5.57 Å². The van der Waals surface area contributed by atoms with Gasteiger partial charge in [0, 0.05) is 0 Å². The summed E-state index contributed by atoms with van der Waals surface area (Å²) >= 11 is 0. The van der Waals surface area contributed by atoms with Gasteiger partial charge in [-0.2, -0.15) is 0 Å². The zero-order chi connectivity index (χ0) is 15.9. The second-order valence-corrected chi connectivity index (χ2v) is 4.64. The van der Waals surface area contributed by atoms with Gasteiger partial charge in [0.15, 0.2) is 0 Å². The molecule has 0 aromatic heterocycles. The summed E-state index contributed by atoms with van der Waals surface area (Å²) in [6.45, 7) is 5.59. The van der Waals surface area contributed by atoms with E-state index in [0.29, 0.717) is 11.1 Å². The third-order valence-corrected chi connectivity index (χ3v) is 3.06. The molecule has 3 nitrogen and oxygen atoms in total. The van der Waals surface area contributed by atoms with Gasteiger partial charge in [0.1, 0.15) is 0 Å². The van der Waals surface area contributed by atoms with Crippen LogP contribution in [0.5, 0.6) is 0 Å². The summed E-state index contributed by atoms with van der Waals surface area (Å²) < 4.78 is 4.86. The van der Waals surface area contributed by atoms with Crippen LogP contribution in [0.2, 0.25) is 0 Å². The third-order valence-electron chi connectivity index (χ3n) is 3.06. The Morgan fingerprint density at radius 1 is 0.955 bits per heavy atom. The lowest BCUT2D eigenvalue weighted by atomic mass is 10.1. The van der Waals surface area contributed by atoms with Crippen molar-refractivity contribution in [1.29, 1.82) is 0 Å². The summed E-state index contributed by atoms with van der Waals surface area (Å²) in [5.74, 6) is -1.43. The van der Waals surface area contributed by atoms with Crippen LogP contribution >= 0.6 is 0 Å². The largest absolute Gasteiger partial charge is 0.386 e. The smallest absolute Gasteiger partial charge is 0.346 e. The zero-order valence-corrected chi connectivity index (χ0v) is 12.3. The SMILES string of the molecule is C=C(C(=O)OC(=O)c1ccc(/C=C/C)cc1)c1ccccc1. The van der Waals surface area contributed by atoms with Gasteiger partial charge in [0.05, 0.1) is 11.1 Å². The molecule has 2 rings (SSSR count). The summed E-state index contributed by atoms with van der Waals surface area (Å²) in [5.41, 5.74) is 2.07. The summed E-state index contributed by atoms with van der Waals surface area (Å²) in [6.07, 6.45) is 3.82. The van der Waals surface area contributed by atoms with Crippen LogP contribution in [0, 0.1) is 0 Å². The number of rotatable bonds is 4. The second-order valence-electron chi connectivity index (χ2n) is 4.64. The predicted octanol–water partition coefficient (Wildman–Crippen LogP) is 4.12. The molecule has 0 unspecified atom stereocenters. The van der Waals surface area contributed by atoms with Crippen molar-refractivity contribution in [3.05, 3.63) is 83.9 Å². The van der Waals surface area contributed by atoms with Gasteiger partial charge in [0.2, 0.25) is 0 Å². The molecule has 0 N–H and O–H groups in total. The Balaban J connectivity index is 2.05. The van der Waals surface area contributed by atoms with Gasteiger partial charge >= 0.3 is 11.9 Å². The van der Waals surface area contributed by atoms with Crippen LogP contribution in [0.15, 0.2) is 67.3 Å². The lowest BCUT2D eigenvalue weighted by molar-refractivity contribution is -0.131. The molecule has 0 aliphatic heterocycles. The number of hydrogen-bond donors (Lipinski definition) is 0. The Bertz CT molecular complexity index is 710. The number of carbonyl (C=O) groups excluding carboxylic acids is 2. The standard InChI is InChI=1S/C19H16O3/c1-3-7-15-10-12-17(13-11-15)19(21)22-18(20)14(2)16-8-5-4-6-9-16/h3-13H,2H2,1H3/b7-3+.